The zero-order valence-electron chi connectivity index (χ0n) is 9.79. The van der Waals surface area contributed by atoms with Gasteiger partial charge in [-0.15, -0.1) is 0 Å². The van der Waals surface area contributed by atoms with Gasteiger partial charge in [0.05, 0.1) is 0 Å². The summed E-state index contributed by atoms with van der Waals surface area (Å²) in [7, 11) is 0. The normalized spacial score (nSPS) is 19.3. The van der Waals surface area contributed by atoms with Crippen molar-refractivity contribution in [2.75, 3.05) is 13.1 Å². The Hall–Kier alpha value is -1.88. The van der Waals surface area contributed by atoms with E-state index in [1.165, 1.54) is 12.1 Å². The van der Waals surface area contributed by atoms with E-state index in [1.54, 1.807) is 12.1 Å². The van der Waals surface area contributed by atoms with Crippen LogP contribution in [-0.2, 0) is 0 Å². The highest BCUT2D eigenvalue weighted by molar-refractivity contribution is 5.98. The molecule has 1 amide bonds. The van der Waals surface area contributed by atoms with Gasteiger partial charge in [-0.3, -0.25) is 4.79 Å². The number of amides is 1. The van der Waals surface area contributed by atoms with Crippen molar-refractivity contribution in [2.45, 2.75) is 12.5 Å². The van der Waals surface area contributed by atoms with Gasteiger partial charge in [-0.2, -0.15) is 0 Å². The van der Waals surface area contributed by atoms with E-state index in [4.69, 9.17) is 0 Å². The predicted molar refractivity (Wildman–Crippen MR) is 67.0 cm³/mol. The fourth-order valence-corrected chi connectivity index (χ4v) is 2.27. The summed E-state index contributed by atoms with van der Waals surface area (Å²) in [4.78, 5) is 15.0. The number of hydrogen-bond donors (Lipinski definition) is 3. The number of benzene rings is 1. The van der Waals surface area contributed by atoms with Crippen LogP contribution in [0.5, 0.6) is 0 Å². The number of aromatic nitrogens is 1. The van der Waals surface area contributed by atoms with Crippen LogP contribution in [0.4, 0.5) is 4.39 Å². The molecule has 0 bridgehead atoms. The largest absolute Gasteiger partial charge is 0.351 e. The van der Waals surface area contributed by atoms with E-state index in [1.807, 2.05) is 0 Å². The third-order valence-corrected chi connectivity index (χ3v) is 3.22. The first-order valence-corrected chi connectivity index (χ1v) is 6.02. The maximum Gasteiger partial charge on any atom is 0.267 e. The number of nitrogens with one attached hydrogen (secondary N) is 3. The number of H-pyrrole nitrogens is 1. The molecule has 3 N–H and O–H groups in total. The van der Waals surface area contributed by atoms with Gasteiger partial charge in [0.15, 0.2) is 0 Å². The Morgan fingerprint density at radius 3 is 3.06 bits per heavy atom. The van der Waals surface area contributed by atoms with Crippen molar-refractivity contribution in [2.24, 2.45) is 0 Å². The molecular formula is C13H14FN3O. The van der Waals surface area contributed by atoms with E-state index in [0.717, 1.165) is 25.0 Å². The number of aromatic amines is 1. The Labute approximate surface area is 104 Å². The average Bonchev–Trinajstić information content (AvgIpc) is 2.96. The van der Waals surface area contributed by atoms with Gasteiger partial charge < -0.3 is 15.6 Å². The summed E-state index contributed by atoms with van der Waals surface area (Å²) < 4.78 is 13.1. The van der Waals surface area contributed by atoms with Crippen LogP contribution in [0, 0.1) is 5.82 Å². The van der Waals surface area contributed by atoms with Crippen LogP contribution in [0.15, 0.2) is 24.3 Å². The molecule has 1 aromatic carbocycles. The van der Waals surface area contributed by atoms with Crippen molar-refractivity contribution in [1.29, 1.82) is 0 Å². The number of rotatable bonds is 2. The second kappa shape index (κ2) is 4.42. The summed E-state index contributed by atoms with van der Waals surface area (Å²) in [6.45, 7) is 1.74. The molecule has 1 saturated heterocycles. The fourth-order valence-electron chi connectivity index (χ4n) is 2.27. The van der Waals surface area contributed by atoms with E-state index in [2.05, 4.69) is 15.6 Å². The van der Waals surface area contributed by atoms with E-state index >= 15 is 0 Å². The first kappa shape index (κ1) is 11.2. The average molecular weight is 247 g/mol. The second-order valence-corrected chi connectivity index (χ2v) is 4.58. The topological polar surface area (TPSA) is 56.9 Å². The summed E-state index contributed by atoms with van der Waals surface area (Å²) in [6, 6.07) is 6.29. The Kier molecular flexibility index (Phi) is 2.76. The molecule has 4 nitrogen and oxygen atoms in total. The third kappa shape index (κ3) is 2.09. The molecule has 1 aliphatic heterocycles. The van der Waals surface area contributed by atoms with Gasteiger partial charge in [0.2, 0.25) is 0 Å². The molecule has 2 heterocycles. The van der Waals surface area contributed by atoms with Gasteiger partial charge >= 0.3 is 0 Å². The lowest BCUT2D eigenvalue weighted by molar-refractivity contribution is 0.0936. The lowest BCUT2D eigenvalue weighted by atomic mass is 10.2. The van der Waals surface area contributed by atoms with E-state index in [9.17, 15) is 9.18 Å². The fraction of sp³-hybridized carbons (Fsp3) is 0.308. The monoisotopic (exact) mass is 247 g/mol. The smallest absolute Gasteiger partial charge is 0.267 e. The number of halogens is 1. The van der Waals surface area contributed by atoms with Gasteiger partial charge in [0.25, 0.3) is 5.91 Å². The Balaban J connectivity index is 1.82. The summed E-state index contributed by atoms with van der Waals surface area (Å²) in [5.74, 6) is -0.436. The van der Waals surface area contributed by atoms with Gasteiger partial charge in [0, 0.05) is 23.5 Å². The van der Waals surface area contributed by atoms with Crippen molar-refractivity contribution < 1.29 is 9.18 Å². The molecule has 3 rings (SSSR count). The number of hydrogen-bond acceptors (Lipinski definition) is 2. The maximum absolute atomic E-state index is 13.1. The standard InChI is InChI=1S/C13H14FN3O/c14-9-1-2-11-8(5-9)6-12(17-11)13(18)16-10-3-4-15-7-10/h1-2,5-6,10,15,17H,3-4,7H2,(H,16,18)/t10-/m0/s1. The molecule has 1 aliphatic rings. The zero-order chi connectivity index (χ0) is 12.5. The molecule has 0 radical (unpaired) electrons. The lowest BCUT2D eigenvalue weighted by Gasteiger charge is -2.09. The molecule has 94 valence electrons. The van der Waals surface area contributed by atoms with E-state index in [0.29, 0.717) is 11.1 Å². The van der Waals surface area contributed by atoms with Gasteiger partial charge in [-0.05, 0) is 37.2 Å². The molecule has 0 spiro atoms. The quantitative estimate of drug-likeness (QED) is 0.751. The maximum atomic E-state index is 13.1. The number of carbonyl (C=O) groups excluding carboxylic acids is 1. The van der Waals surface area contributed by atoms with Crippen molar-refractivity contribution in [3.63, 3.8) is 0 Å². The van der Waals surface area contributed by atoms with E-state index < -0.39 is 0 Å². The molecule has 2 aromatic rings. The van der Waals surface area contributed by atoms with Crippen LogP contribution in [-0.4, -0.2) is 30.0 Å². The Morgan fingerprint density at radius 2 is 2.28 bits per heavy atom. The summed E-state index contributed by atoms with van der Waals surface area (Å²) in [5.41, 5.74) is 1.24. The summed E-state index contributed by atoms with van der Waals surface area (Å²) >= 11 is 0. The van der Waals surface area contributed by atoms with Gasteiger partial charge in [-0.25, -0.2) is 4.39 Å². The van der Waals surface area contributed by atoms with Crippen molar-refractivity contribution in [3.8, 4) is 0 Å². The molecule has 1 aromatic heterocycles. The predicted octanol–water partition coefficient (Wildman–Crippen LogP) is 1.40. The van der Waals surface area contributed by atoms with Crippen molar-refractivity contribution >= 4 is 16.8 Å². The second-order valence-electron chi connectivity index (χ2n) is 4.58. The van der Waals surface area contributed by atoms with Crippen LogP contribution in [0.1, 0.15) is 16.9 Å². The highest BCUT2D eigenvalue weighted by Gasteiger charge is 2.18. The molecular weight excluding hydrogens is 233 g/mol. The lowest BCUT2D eigenvalue weighted by Crippen LogP contribution is -2.36. The summed E-state index contributed by atoms with van der Waals surface area (Å²) in [6.07, 6.45) is 0.945. The molecule has 1 atom stereocenters. The van der Waals surface area contributed by atoms with Crippen LogP contribution >= 0.6 is 0 Å². The zero-order valence-corrected chi connectivity index (χ0v) is 9.79. The van der Waals surface area contributed by atoms with Crippen molar-refractivity contribution in [1.82, 2.24) is 15.6 Å². The first-order chi connectivity index (χ1) is 8.72. The van der Waals surface area contributed by atoms with Crippen LogP contribution < -0.4 is 10.6 Å². The van der Waals surface area contributed by atoms with Crippen LogP contribution in [0.25, 0.3) is 10.9 Å². The van der Waals surface area contributed by atoms with Gasteiger partial charge in [-0.1, -0.05) is 0 Å². The molecule has 0 aliphatic carbocycles. The molecule has 1 fully saturated rings. The first-order valence-electron chi connectivity index (χ1n) is 6.02. The number of fused-ring (bicyclic) bond motifs is 1. The molecule has 18 heavy (non-hydrogen) atoms. The number of carbonyl (C=O) groups is 1. The molecule has 0 saturated carbocycles. The minimum Gasteiger partial charge on any atom is -0.351 e. The molecule has 0 unspecified atom stereocenters. The summed E-state index contributed by atoms with van der Waals surface area (Å²) in [5, 5.41) is 6.85. The Bertz CT molecular complexity index is 587. The Morgan fingerprint density at radius 1 is 1.39 bits per heavy atom. The van der Waals surface area contributed by atoms with Crippen LogP contribution in [0.3, 0.4) is 0 Å². The SMILES string of the molecule is O=C(N[C@H]1CCNC1)c1cc2cc(F)ccc2[nH]1. The minimum atomic E-state index is -0.298. The van der Waals surface area contributed by atoms with Gasteiger partial charge in [0.1, 0.15) is 11.5 Å². The highest BCUT2D eigenvalue weighted by atomic mass is 19.1. The highest BCUT2D eigenvalue weighted by Crippen LogP contribution is 2.16. The van der Waals surface area contributed by atoms with Crippen LogP contribution in [0.2, 0.25) is 0 Å². The van der Waals surface area contributed by atoms with E-state index in [-0.39, 0.29) is 17.8 Å². The van der Waals surface area contributed by atoms with Crippen molar-refractivity contribution in [3.05, 3.63) is 35.8 Å². The minimum absolute atomic E-state index is 0.139. The molecule has 5 heteroatoms. The third-order valence-electron chi connectivity index (χ3n) is 3.22.